The standard InChI is InChI=1S/C29H26ClN5O4/c1-19-5-7-20(8-6-19)29(39)16-24(35(18-29)28(38)32-22-11-9-21(30)10-12-22)27(37)33-25-14-13-23(17-31-25)34-15-3-2-4-26(34)36/h2-15,17,24,39H,16,18H2,1H3,(H,32,38)(H,31,33,37)/t24-,29-/m1/s1. The first kappa shape index (κ1) is 26.1. The fourth-order valence-electron chi connectivity index (χ4n) is 4.59. The van der Waals surface area contributed by atoms with Crippen LogP contribution >= 0.6 is 11.6 Å². The molecule has 9 nitrogen and oxygen atoms in total. The van der Waals surface area contributed by atoms with E-state index in [2.05, 4.69) is 15.6 Å². The SMILES string of the molecule is Cc1ccc([C@@]2(O)C[C@H](C(=O)Nc3ccc(-n4ccccc4=O)cn3)N(C(=O)Nc3ccc(Cl)cc3)C2)cc1. The van der Waals surface area contributed by atoms with Gasteiger partial charge in [-0.3, -0.25) is 14.2 Å². The predicted molar refractivity (Wildman–Crippen MR) is 149 cm³/mol. The number of β-amino-alcohol motifs (C(OH)–C–C–N with tert-alkyl or cyclic N) is 1. The number of anilines is 2. The van der Waals surface area contributed by atoms with Gasteiger partial charge in [-0.05, 0) is 55.0 Å². The first-order chi connectivity index (χ1) is 18.7. The summed E-state index contributed by atoms with van der Waals surface area (Å²) in [5, 5.41) is 17.6. The molecule has 0 saturated carbocycles. The van der Waals surface area contributed by atoms with Crippen LogP contribution in [-0.4, -0.2) is 44.1 Å². The predicted octanol–water partition coefficient (Wildman–Crippen LogP) is 4.33. The molecule has 1 fully saturated rings. The van der Waals surface area contributed by atoms with Crippen molar-refractivity contribution in [3.05, 3.63) is 118 Å². The van der Waals surface area contributed by atoms with Crippen LogP contribution in [0.2, 0.25) is 5.02 Å². The third-order valence-corrected chi connectivity index (χ3v) is 6.94. The van der Waals surface area contributed by atoms with Crippen molar-refractivity contribution in [1.82, 2.24) is 14.5 Å². The van der Waals surface area contributed by atoms with Crippen molar-refractivity contribution >= 4 is 35.0 Å². The summed E-state index contributed by atoms with van der Waals surface area (Å²) in [7, 11) is 0. The number of benzene rings is 2. The number of rotatable bonds is 5. The zero-order chi connectivity index (χ0) is 27.6. The number of urea groups is 1. The van der Waals surface area contributed by atoms with Crippen LogP contribution in [-0.2, 0) is 10.4 Å². The molecule has 3 N–H and O–H groups in total. The lowest BCUT2D eigenvalue weighted by Crippen LogP contribution is -2.45. The molecule has 0 spiro atoms. The number of carbonyl (C=O) groups is 2. The van der Waals surface area contributed by atoms with E-state index in [1.54, 1.807) is 66.9 Å². The monoisotopic (exact) mass is 543 g/mol. The molecule has 1 saturated heterocycles. The molecule has 1 aliphatic rings. The Morgan fingerprint density at radius 1 is 1.00 bits per heavy atom. The Kier molecular flexibility index (Phi) is 7.19. The van der Waals surface area contributed by atoms with E-state index in [1.165, 1.54) is 21.7 Å². The van der Waals surface area contributed by atoms with E-state index in [9.17, 15) is 19.5 Å². The van der Waals surface area contributed by atoms with Crippen molar-refractivity contribution in [2.75, 3.05) is 17.2 Å². The zero-order valence-electron chi connectivity index (χ0n) is 21.0. The quantitative estimate of drug-likeness (QED) is 0.346. The highest BCUT2D eigenvalue weighted by Crippen LogP contribution is 2.37. The molecule has 1 aliphatic heterocycles. The second kappa shape index (κ2) is 10.7. The summed E-state index contributed by atoms with van der Waals surface area (Å²) in [6.07, 6.45) is 3.09. The molecule has 39 heavy (non-hydrogen) atoms. The summed E-state index contributed by atoms with van der Waals surface area (Å²) in [5.74, 6) is -0.252. The van der Waals surface area contributed by atoms with Crippen LogP contribution in [0, 0.1) is 6.92 Å². The highest BCUT2D eigenvalue weighted by Gasteiger charge is 2.49. The second-order valence-electron chi connectivity index (χ2n) is 9.48. The molecule has 0 bridgehead atoms. The summed E-state index contributed by atoms with van der Waals surface area (Å²) in [4.78, 5) is 44.5. The molecule has 2 aromatic heterocycles. The lowest BCUT2D eigenvalue weighted by molar-refractivity contribution is -0.119. The van der Waals surface area contributed by atoms with Crippen LogP contribution in [0.25, 0.3) is 5.69 Å². The van der Waals surface area contributed by atoms with E-state index in [-0.39, 0.29) is 24.3 Å². The number of aryl methyl sites for hydroxylation is 1. The molecule has 198 valence electrons. The Morgan fingerprint density at radius 2 is 1.74 bits per heavy atom. The highest BCUT2D eigenvalue weighted by atomic mass is 35.5. The van der Waals surface area contributed by atoms with Gasteiger partial charge in [0.05, 0.1) is 18.4 Å². The number of aliphatic hydroxyl groups is 1. The van der Waals surface area contributed by atoms with E-state index >= 15 is 0 Å². The van der Waals surface area contributed by atoms with E-state index in [0.717, 1.165) is 5.56 Å². The number of pyridine rings is 2. The van der Waals surface area contributed by atoms with Crippen LogP contribution in [0.5, 0.6) is 0 Å². The van der Waals surface area contributed by atoms with Crippen molar-refractivity contribution in [3.63, 3.8) is 0 Å². The Morgan fingerprint density at radius 3 is 2.41 bits per heavy atom. The summed E-state index contributed by atoms with van der Waals surface area (Å²) in [5.41, 5.74) is 1.04. The maximum absolute atomic E-state index is 13.5. The molecule has 3 amide bonds. The van der Waals surface area contributed by atoms with Gasteiger partial charge in [0.25, 0.3) is 5.56 Å². The van der Waals surface area contributed by atoms with Gasteiger partial charge >= 0.3 is 6.03 Å². The summed E-state index contributed by atoms with van der Waals surface area (Å²) in [6.45, 7) is 1.86. The Hall–Kier alpha value is -4.47. The Bertz CT molecular complexity index is 1550. The van der Waals surface area contributed by atoms with Gasteiger partial charge in [-0.15, -0.1) is 0 Å². The third kappa shape index (κ3) is 5.69. The topological polar surface area (TPSA) is 117 Å². The number of nitrogens with zero attached hydrogens (tertiary/aromatic N) is 3. The molecule has 10 heteroatoms. The number of likely N-dealkylation sites (tertiary alicyclic amines) is 1. The first-order valence-electron chi connectivity index (χ1n) is 12.3. The second-order valence-corrected chi connectivity index (χ2v) is 9.92. The number of halogens is 1. The molecule has 4 aromatic rings. The largest absolute Gasteiger partial charge is 0.383 e. The third-order valence-electron chi connectivity index (χ3n) is 6.69. The molecule has 2 aromatic carbocycles. The van der Waals surface area contributed by atoms with E-state index in [0.29, 0.717) is 22.0 Å². The van der Waals surface area contributed by atoms with Crippen LogP contribution in [0.4, 0.5) is 16.3 Å². The molecular formula is C29H26ClN5O4. The van der Waals surface area contributed by atoms with Crippen LogP contribution in [0.3, 0.4) is 0 Å². The maximum Gasteiger partial charge on any atom is 0.322 e. The average molecular weight is 544 g/mol. The van der Waals surface area contributed by atoms with E-state index < -0.39 is 23.6 Å². The minimum atomic E-state index is -1.43. The van der Waals surface area contributed by atoms with E-state index in [4.69, 9.17) is 11.6 Å². The summed E-state index contributed by atoms with van der Waals surface area (Å²) >= 11 is 5.95. The van der Waals surface area contributed by atoms with Crippen molar-refractivity contribution in [2.24, 2.45) is 0 Å². The molecule has 5 rings (SSSR count). The summed E-state index contributed by atoms with van der Waals surface area (Å²) in [6, 6.07) is 20.5. The number of carbonyl (C=O) groups excluding carboxylic acids is 2. The van der Waals surface area contributed by atoms with Gasteiger partial charge in [-0.25, -0.2) is 9.78 Å². The maximum atomic E-state index is 13.5. The van der Waals surface area contributed by atoms with Crippen molar-refractivity contribution < 1.29 is 14.7 Å². The zero-order valence-corrected chi connectivity index (χ0v) is 21.8. The number of hydrogen-bond acceptors (Lipinski definition) is 5. The van der Waals surface area contributed by atoms with E-state index in [1.807, 2.05) is 19.1 Å². The summed E-state index contributed by atoms with van der Waals surface area (Å²) < 4.78 is 1.43. The van der Waals surface area contributed by atoms with Gasteiger partial charge in [-0.2, -0.15) is 0 Å². The molecule has 0 unspecified atom stereocenters. The van der Waals surface area contributed by atoms with Gasteiger partial charge in [0.2, 0.25) is 5.91 Å². The number of aromatic nitrogens is 2. The Balaban J connectivity index is 1.38. The Labute approximate surface area is 229 Å². The lowest BCUT2D eigenvalue weighted by atomic mass is 9.90. The normalized spacial score (nSPS) is 18.5. The molecular weight excluding hydrogens is 518 g/mol. The van der Waals surface area contributed by atoms with Gasteiger partial charge in [-0.1, -0.05) is 47.5 Å². The number of nitrogens with one attached hydrogen (secondary N) is 2. The molecule has 0 aliphatic carbocycles. The average Bonchev–Trinajstić information content (AvgIpc) is 3.30. The van der Waals surface area contributed by atoms with Crippen LogP contribution in [0.15, 0.2) is 96.1 Å². The first-order valence-corrected chi connectivity index (χ1v) is 12.7. The van der Waals surface area contributed by atoms with Gasteiger partial charge in [0.1, 0.15) is 17.5 Å². The van der Waals surface area contributed by atoms with Crippen molar-refractivity contribution in [1.29, 1.82) is 0 Å². The van der Waals surface area contributed by atoms with Crippen molar-refractivity contribution in [2.45, 2.75) is 25.0 Å². The molecule has 2 atom stereocenters. The lowest BCUT2D eigenvalue weighted by Gasteiger charge is -2.25. The van der Waals surface area contributed by atoms with Crippen molar-refractivity contribution in [3.8, 4) is 5.69 Å². The molecule has 3 heterocycles. The van der Waals surface area contributed by atoms with Crippen LogP contribution in [0.1, 0.15) is 17.5 Å². The minimum absolute atomic E-state index is 0.00652. The smallest absolute Gasteiger partial charge is 0.322 e. The highest BCUT2D eigenvalue weighted by molar-refractivity contribution is 6.30. The van der Waals surface area contributed by atoms with Gasteiger partial charge < -0.3 is 20.6 Å². The number of hydrogen-bond donors (Lipinski definition) is 3. The molecule has 0 radical (unpaired) electrons. The fraction of sp³-hybridized carbons (Fsp3) is 0.172. The fourth-order valence-corrected chi connectivity index (χ4v) is 4.71. The van der Waals surface area contributed by atoms with Gasteiger partial charge in [0.15, 0.2) is 0 Å². The number of amides is 3. The van der Waals surface area contributed by atoms with Crippen LogP contribution < -0.4 is 16.2 Å². The van der Waals surface area contributed by atoms with Gasteiger partial charge in [0, 0.05) is 29.4 Å². The minimum Gasteiger partial charge on any atom is -0.383 e.